The smallest absolute Gasteiger partial charge is 0.0473 e. The van der Waals surface area contributed by atoms with Gasteiger partial charge in [0.05, 0.1) is 0 Å². The molecule has 1 heterocycles. The number of thiophene rings is 1. The van der Waals surface area contributed by atoms with Crippen molar-refractivity contribution in [2.24, 2.45) is 5.73 Å². The molecule has 1 aromatic carbocycles. The standard InChI is InChI=1S/C16H22N2S/c1-12-6-7-15(13(2)9-12)16(10-17)18(3)11-14-5-4-8-19-14/h4-9,16H,10-11,17H2,1-3H3. The summed E-state index contributed by atoms with van der Waals surface area (Å²) >= 11 is 1.80. The first-order chi connectivity index (χ1) is 9.11. The van der Waals surface area contributed by atoms with Crippen molar-refractivity contribution in [2.75, 3.05) is 13.6 Å². The van der Waals surface area contributed by atoms with E-state index in [1.807, 2.05) is 0 Å². The Balaban J connectivity index is 2.18. The van der Waals surface area contributed by atoms with Crippen LogP contribution in [0.5, 0.6) is 0 Å². The van der Waals surface area contributed by atoms with Gasteiger partial charge in [-0.05, 0) is 43.5 Å². The Labute approximate surface area is 119 Å². The van der Waals surface area contributed by atoms with Crippen molar-refractivity contribution in [3.05, 3.63) is 57.3 Å². The maximum atomic E-state index is 6.00. The Hall–Kier alpha value is -1.16. The van der Waals surface area contributed by atoms with Gasteiger partial charge < -0.3 is 5.73 Å². The van der Waals surface area contributed by atoms with E-state index in [1.165, 1.54) is 21.6 Å². The van der Waals surface area contributed by atoms with Gasteiger partial charge in [0.1, 0.15) is 0 Å². The van der Waals surface area contributed by atoms with Crippen LogP contribution in [0.15, 0.2) is 35.7 Å². The van der Waals surface area contributed by atoms with E-state index in [2.05, 4.69) is 61.5 Å². The number of hydrogen-bond donors (Lipinski definition) is 1. The van der Waals surface area contributed by atoms with Crippen molar-refractivity contribution in [3.63, 3.8) is 0 Å². The lowest BCUT2D eigenvalue weighted by Crippen LogP contribution is -2.30. The van der Waals surface area contributed by atoms with Crippen molar-refractivity contribution in [1.82, 2.24) is 4.90 Å². The van der Waals surface area contributed by atoms with E-state index in [1.54, 1.807) is 11.3 Å². The maximum Gasteiger partial charge on any atom is 0.0473 e. The van der Waals surface area contributed by atoms with Gasteiger partial charge in [-0.3, -0.25) is 4.90 Å². The topological polar surface area (TPSA) is 29.3 Å². The largest absolute Gasteiger partial charge is 0.329 e. The molecule has 102 valence electrons. The lowest BCUT2D eigenvalue weighted by molar-refractivity contribution is 0.243. The molecule has 3 heteroatoms. The molecule has 0 spiro atoms. The van der Waals surface area contributed by atoms with Gasteiger partial charge in [-0.25, -0.2) is 0 Å². The highest BCUT2D eigenvalue weighted by atomic mass is 32.1. The fraction of sp³-hybridized carbons (Fsp3) is 0.375. The molecule has 2 aromatic rings. The summed E-state index contributed by atoms with van der Waals surface area (Å²) in [7, 11) is 2.15. The van der Waals surface area contributed by atoms with Gasteiger partial charge in [-0.15, -0.1) is 11.3 Å². The van der Waals surface area contributed by atoms with E-state index in [-0.39, 0.29) is 6.04 Å². The maximum absolute atomic E-state index is 6.00. The molecule has 0 radical (unpaired) electrons. The minimum absolute atomic E-state index is 0.280. The van der Waals surface area contributed by atoms with Gasteiger partial charge in [-0.1, -0.05) is 29.8 Å². The summed E-state index contributed by atoms with van der Waals surface area (Å²) in [6.07, 6.45) is 0. The van der Waals surface area contributed by atoms with Crippen LogP contribution >= 0.6 is 11.3 Å². The zero-order valence-electron chi connectivity index (χ0n) is 11.9. The summed E-state index contributed by atoms with van der Waals surface area (Å²) in [5.41, 5.74) is 9.97. The molecule has 0 fully saturated rings. The second-order valence-electron chi connectivity index (χ2n) is 5.11. The molecule has 0 amide bonds. The van der Waals surface area contributed by atoms with Crippen LogP contribution in [0.4, 0.5) is 0 Å². The summed E-state index contributed by atoms with van der Waals surface area (Å²) in [5.74, 6) is 0. The molecule has 2 N–H and O–H groups in total. The van der Waals surface area contributed by atoms with Gasteiger partial charge in [0.15, 0.2) is 0 Å². The third-order valence-electron chi connectivity index (χ3n) is 3.52. The van der Waals surface area contributed by atoms with Crippen LogP contribution in [0.2, 0.25) is 0 Å². The SMILES string of the molecule is Cc1ccc(C(CN)N(C)Cc2cccs2)c(C)c1. The molecule has 2 rings (SSSR count). The van der Waals surface area contributed by atoms with Gasteiger partial charge in [-0.2, -0.15) is 0 Å². The van der Waals surface area contributed by atoms with Gasteiger partial charge in [0, 0.05) is 24.0 Å². The number of nitrogens with zero attached hydrogens (tertiary/aromatic N) is 1. The molecule has 1 aromatic heterocycles. The molecule has 0 saturated carbocycles. The van der Waals surface area contributed by atoms with E-state index in [9.17, 15) is 0 Å². The van der Waals surface area contributed by atoms with Gasteiger partial charge in [0.2, 0.25) is 0 Å². The number of hydrogen-bond acceptors (Lipinski definition) is 3. The first-order valence-electron chi connectivity index (χ1n) is 6.61. The fourth-order valence-electron chi connectivity index (χ4n) is 2.50. The highest BCUT2D eigenvalue weighted by molar-refractivity contribution is 7.09. The first-order valence-corrected chi connectivity index (χ1v) is 7.49. The highest BCUT2D eigenvalue weighted by Gasteiger charge is 2.17. The summed E-state index contributed by atoms with van der Waals surface area (Å²) in [6, 6.07) is 11.2. The van der Waals surface area contributed by atoms with Gasteiger partial charge >= 0.3 is 0 Å². The molecule has 1 atom stereocenters. The zero-order chi connectivity index (χ0) is 13.8. The Morgan fingerprint density at radius 1 is 1.26 bits per heavy atom. The summed E-state index contributed by atoms with van der Waals surface area (Å²) in [5, 5.41) is 2.12. The van der Waals surface area contributed by atoms with E-state index in [4.69, 9.17) is 5.73 Å². The molecular weight excluding hydrogens is 252 g/mol. The van der Waals surface area contributed by atoms with Crippen LogP contribution in [0.1, 0.15) is 27.6 Å². The third kappa shape index (κ3) is 3.44. The van der Waals surface area contributed by atoms with Crippen LogP contribution in [-0.2, 0) is 6.54 Å². The van der Waals surface area contributed by atoms with Crippen molar-refractivity contribution < 1.29 is 0 Å². The minimum Gasteiger partial charge on any atom is -0.329 e. The third-order valence-corrected chi connectivity index (χ3v) is 4.39. The van der Waals surface area contributed by atoms with Crippen molar-refractivity contribution in [2.45, 2.75) is 26.4 Å². The molecule has 0 aliphatic carbocycles. The highest BCUT2D eigenvalue weighted by Crippen LogP contribution is 2.25. The summed E-state index contributed by atoms with van der Waals surface area (Å²) in [6.45, 7) is 5.90. The lowest BCUT2D eigenvalue weighted by atomic mass is 9.98. The Morgan fingerprint density at radius 3 is 2.63 bits per heavy atom. The quantitative estimate of drug-likeness (QED) is 0.904. The lowest BCUT2D eigenvalue weighted by Gasteiger charge is -2.28. The van der Waals surface area contributed by atoms with Crippen LogP contribution in [0, 0.1) is 13.8 Å². The van der Waals surface area contributed by atoms with Crippen molar-refractivity contribution in [1.29, 1.82) is 0 Å². The second-order valence-corrected chi connectivity index (χ2v) is 6.14. The Kier molecular flexibility index (Phi) is 4.75. The van der Waals surface area contributed by atoms with E-state index < -0.39 is 0 Å². The van der Waals surface area contributed by atoms with Crippen LogP contribution in [-0.4, -0.2) is 18.5 Å². The number of aryl methyl sites for hydroxylation is 2. The number of benzene rings is 1. The van der Waals surface area contributed by atoms with Crippen LogP contribution < -0.4 is 5.73 Å². The van der Waals surface area contributed by atoms with E-state index in [0.717, 1.165) is 6.54 Å². The van der Waals surface area contributed by atoms with Gasteiger partial charge in [0.25, 0.3) is 0 Å². The molecule has 1 unspecified atom stereocenters. The van der Waals surface area contributed by atoms with Crippen LogP contribution in [0.25, 0.3) is 0 Å². The number of rotatable bonds is 5. The molecule has 0 aliphatic heterocycles. The molecule has 0 aliphatic rings. The number of nitrogens with two attached hydrogens (primary N) is 1. The minimum atomic E-state index is 0.280. The molecule has 19 heavy (non-hydrogen) atoms. The molecule has 0 saturated heterocycles. The van der Waals surface area contributed by atoms with E-state index in [0.29, 0.717) is 6.54 Å². The predicted molar refractivity (Wildman–Crippen MR) is 83.5 cm³/mol. The Bertz CT molecular complexity index is 520. The average molecular weight is 274 g/mol. The average Bonchev–Trinajstić information content (AvgIpc) is 2.85. The normalized spacial score (nSPS) is 12.9. The van der Waals surface area contributed by atoms with Crippen molar-refractivity contribution in [3.8, 4) is 0 Å². The fourth-order valence-corrected chi connectivity index (χ4v) is 3.27. The first kappa shape index (κ1) is 14.3. The Morgan fingerprint density at radius 2 is 2.05 bits per heavy atom. The summed E-state index contributed by atoms with van der Waals surface area (Å²) in [4.78, 5) is 3.72. The van der Waals surface area contributed by atoms with Crippen LogP contribution in [0.3, 0.4) is 0 Å². The summed E-state index contributed by atoms with van der Waals surface area (Å²) < 4.78 is 0. The van der Waals surface area contributed by atoms with E-state index >= 15 is 0 Å². The molecule has 2 nitrogen and oxygen atoms in total. The second kappa shape index (κ2) is 6.33. The molecule has 0 bridgehead atoms. The monoisotopic (exact) mass is 274 g/mol. The zero-order valence-corrected chi connectivity index (χ0v) is 12.7. The molecular formula is C16H22N2S. The predicted octanol–water partition coefficient (Wildman–Crippen LogP) is 3.50. The van der Waals surface area contributed by atoms with Crippen molar-refractivity contribution >= 4 is 11.3 Å². The number of likely N-dealkylation sites (N-methyl/N-ethyl adjacent to an activating group) is 1.